The van der Waals surface area contributed by atoms with Gasteiger partial charge in [0.05, 0.1) is 0 Å². The van der Waals surface area contributed by atoms with Gasteiger partial charge >= 0.3 is 6.09 Å². The summed E-state index contributed by atoms with van der Waals surface area (Å²) in [6.07, 6.45) is -1.64. The number of hydrogen-bond acceptors (Lipinski definition) is 4. The molecule has 0 aliphatic carbocycles. The van der Waals surface area contributed by atoms with Crippen LogP contribution in [0.15, 0.2) is 30.3 Å². The Bertz CT molecular complexity index is 435. The van der Waals surface area contributed by atoms with Crippen molar-refractivity contribution in [2.24, 2.45) is 0 Å². The van der Waals surface area contributed by atoms with Crippen LogP contribution in [-0.2, 0) is 16.1 Å². The number of aliphatic hydroxyl groups is 1. The molecule has 0 unspecified atom stereocenters. The Kier molecular flexibility index (Phi) is 3.78. The van der Waals surface area contributed by atoms with Gasteiger partial charge in [0, 0.05) is 6.54 Å². The smallest absolute Gasteiger partial charge is 0.408 e. The van der Waals surface area contributed by atoms with Crippen molar-refractivity contribution in [3.05, 3.63) is 35.9 Å². The zero-order valence-corrected chi connectivity index (χ0v) is 9.63. The molecule has 0 radical (unpaired) electrons. The van der Waals surface area contributed by atoms with Crippen LogP contribution in [0.1, 0.15) is 5.56 Å². The van der Waals surface area contributed by atoms with E-state index in [1.54, 1.807) is 0 Å². The molecule has 1 fully saturated rings. The number of β-amino-alcohol motifs (C(OH)–C–C–N with tert-alkyl or cyclic N) is 1. The lowest BCUT2D eigenvalue weighted by atomic mass is 10.2. The first-order valence-electron chi connectivity index (χ1n) is 5.60. The van der Waals surface area contributed by atoms with Crippen molar-refractivity contribution in [3.63, 3.8) is 0 Å². The largest absolute Gasteiger partial charge is 0.445 e. The molecule has 6 nitrogen and oxygen atoms in total. The number of nitrogens with one attached hydrogen (secondary N) is 2. The number of rotatable bonds is 3. The maximum absolute atomic E-state index is 11.4. The Morgan fingerprint density at radius 2 is 2.17 bits per heavy atom. The molecule has 1 heterocycles. The molecular weight excluding hydrogens is 236 g/mol. The molecule has 2 rings (SSSR count). The highest BCUT2D eigenvalue weighted by molar-refractivity contribution is 5.88. The lowest BCUT2D eigenvalue weighted by Crippen LogP contribution is -2.45. The molecule has 3 N–H and O–H groups in total. The van der Waals surface area contributed by atoms with E-state index in [4.69, 9.17) is 4.74 Å². The first-order valence-corrected chi connectivity index (χ1v) is 5.60. The highest BCUT2D eigenvalue weighted by atomic mass is 16.5. The minimum absolute atomic E-state index is 0.122. The van der Waals surface area contributed by atoms with E-state index in [1.165, 1.54) is 0 Å². The zero-order chi connectivity index (χ0) is 13.0. The summed E-state index contributed by atoms with van der Waals surface area (Å²) in [5, 5.41) is 14.2. The van der Waals surface area contributed by atoms with Crippen LogP contribution in [0, 0.1) is 0 Å². The summed E-state index contributed by atoms with van der Waals surface area (Å²) in [6, 6.07) is 8.25. The van der Waals surface area contributed by atoms with Gasteiger partial charge in [0.15, 0.2) is 0 Å². The maximum Gasteiger partial charge on any atom is 0.408 e. The Hall–Kier alpha value is -2.08. The summed E-state index contributed by atoms with van der Waals surface area (Å²) in [7, 11) is 0. The van der Waals surface area contributed by atoms with Crippen molar-refractivity contribution in [2.75, 3.05) is 6.54 Å². The molecule has 2 amide bonds. The van der Waals surface area contributed by atoms with E-state index < -0.39 is 24.1 Å². The van der Waals surface area contributed by atoms with Crippen LogP contribution in [0.2, 0.25) is 0 Å². The number of amides is 2. The topological polar surface area (TPSA) is 87.7 Å². The number of benzene rings is 1. The molecule has 18 heavy (non-hydrogen) atoms. The van der Waals surface area contributed by atoms with Gasteiger partial charge in [-0.05, 0) is 5.56 Å². The molecule has 6 heteroatoms. The highest BCUT2D eigenvalue weighted by Crippen LogP contribution is 2.03. The maximum atomic E-state index is 11.4. The number of ether oxygens (including phenoxy) is 1. The van der Waals surface area contributed by atoms with Crippen molar-refractivity contribution >= 4 is 12.0 Å². The predicted molar refractivity (Wildman–Crippen MR) is 62.6 cm³/mol. The summed E-state index contributed by atoms with van der Waals surface area (Å²) in [4.78, 5) is 22.7. The molecule has 1 aliphatic rings. The molecule has 0 saturated carbocycles. The average Bonchev–Trinajstić information content (AvgIpc) is 2.69. The zero-order valence-electron chi connectivity index (χ0n) is 9.63. The quantitative estimate of drug-likeness (QED) is 0.691. The Morgan fingerprint density at radius 1 is 1.44 bits per heavy atom. The second-order valence-electron chi connectivity index (χ2n) is 4.00. The van der Waals surface area contributed by atoms with Crippen LogP contribution in [0.5, 0.6) is 0 Å². The highest BCUT2D eigenvalue weighted by Gasteiger charge is 2.34. The van der Waals surface area contributed by atoms with Gasteiger partial charge in [-0.2, -0.15) is 0 Å². The lowest BCUT2D eigenvalue weighted by molar-refractivity contribution is -0.121. The first-order chi connectivity index (χ1) is 8.66. The van der Waals surface area contributed by atoms with Gasteiger partial charge in [0.1, 0.15) is 18.8 Å². The number of carbonyl (C=O) groups is 2. The van der Waals surface area contributed by atoms with Gasteiger partial charge in [-0.25, -0.2) is 4.79 Å². The third kappa shape index (κ3) is 2.98. The molecular formula is C12H14N2O4. The van der Waals surface area contributed by atoms with Gasteiger partial charge in [-0.3, -0.25) is 4.79 Å². The van der Waals surface area contributed by atoms with Crippen molar-refractivity contribution in [1.29, 1.82) is 0 Å². The Morgan fingerprint density at radius 3 is 2.78 bits per heavy atom. The van der Waals surface area contributed by atoms with Gasteiger partial charge in [-0.1, -0.05) is 30.3 Å². The van der Waals surface area contributed by atoms with Crippen LogP contribution in [0.4, 0.5) is 4.79 Å². The molecule has 1 saturated heterocycles. The van der Waals surface area contributed by atoms with Crippen molar-refractivity contribution < 1.29 is 19.4 Å². The normalized spacial score (nSPS) is 22.4. The van der Waals surface area contributed by atoms with Crippen LogP contribution in [0.3, 0.4) is 0 Å². The van der Waals surface area contributed by atoms with Crippen LogP contribution < -0.4 is 10.6 Å². The number of hydrogen-bond donors (Lipinski definition) is 3. The second kappa shape index (κ2) is 5.50. The first kappa shape index (κ1) is 12.4. The third-order valence-corrected chi connectivity index (χ3v) is 2.64. The summed E-state index contributed by atoms with van der Waals surface area (Å²) >= 11 is 0. The summed E-state index contributed by atoms with van der Waals surface area (Å²) in [5.41, 5.74) is 0.851. The molecule has 2 atom stereocenters. The van der Waals surface area contributed by atoms with E-state index in [2.05, 4.69) is 10.6 Å². The molecule has 1 aromatic carbocycles. The average molecular weight is 250 g/mol. The van der Waals surface area contributed by atoms with E-state index in [1.807, 2.05) is 30.3 Å². The minimum Gasteiger partial charge on any atom is -0.445 e. The molecule has 0 aromatic heterocycles. The van der Waals surface area contributed by atoms with E-state index in [-0.39, 0.29) is 13.2 Å². The molecule has 0 bridgehead atoms. The second-order valence-corrected chi connectivity index (χ2v) is 4.00. The molecule has 1 aromatic rings. The number of alkyl carbamates (subject to hydrolysis) is 1. The molecule has 96 valence electrons. The van der Waals surface area contributed by atoms with Crippen LogP contribution >= 0.6 is 0 Å². The van der Waals surface area contributed by atoms with E-state index >= 15 is 0 Å². The Balaban J connectivity index is 1.80. The fourth-order valence-electron chi connectivity index (χ4n) is 1.66. The fraction of sp³-hybridized carbons (Fsp3) is 0.333. The monoisotopic (exact) mass is 250 g/mol. The van der Waals surface area contributed by atoms with Crippen molar-refractivity contribution in [1.82, 2.24) is 10.6 Å². The summed E-state index contributed by atoms with van der Waals surface area (Å²) in [6.45, 7) is 0.263. The summed E-state index contributed by atoms with van der Waals surface area (Å²) < 4.78 is 4.95. The van der Waals surface area contributed by atoms with Gasteiger partial charge in [0.2, 0.25) is 5.91 Å². The lowest BCUT2D eigenvalue weighted by Gasteiger charge is -2.13. The van der Waals surface area contributed by atoms with Crippen molar-refractivity contribution in [3.8, 4) is 0 Å². The van der Waals surface area contributed by atoms with E-state index in [9.17, 15) is 14.7 Å². The van der Waals surface area contributed by atoms with Gasteiger partial charge < -0.3 is 20.5 Å². The van der Waals surface area contributed by atoms with E-state index in [0.29, 0.717) is 0 Å². The standard InChI is InChI=1S/C12H14N2O4/c15-9-6-13-11(16)10(9)14-12(17)18-7-8-4-2-1-3-5-8/h1-5,9-10,15H,6-7H2,(H,13,16)(H,14,17)/t9-,10-/m0/s1. The van der Waals surface area contributed by atoms with E-state index in [0.717, 1.165) is 5.56 Å². The molecule has 1 aliphatic heterocycles. The van der Waals surface area contributed by atoms with Crippen LogP contribution in [-0.4, -0.2) is 35.8 Å². The summed E-state index contributed by atoms with van der Waals surface area (Å²) in [5.74, 6) is -0.404. The number of carbonyl (C=O) groups excluding carboxylic acids is 2. The fourth-order valence-corrected chi connectivity index (χ4v) is 1.66. The number of aliphatic hydroxyl groups excluding tert-OH is 1. The van der Waals surface area contributed by atoms with Crippen LogP contribution in [0.25, 0.3) is 0 Å². The van der Waals surface area contributed by atoms with Gasteiger partial charge in [0.25, 0.3) is 0 Å². The predicted octanol–water partition coefficient (Wildman–Crippen LogP) is -0.228. The SMILES string of the molecule is O=C(N[C@@H]1C(=O)NC[C@@H]1O)OCc1ccccc1. The third-order valence-electron chi connectivity index (χ3n) is 2.64. The Labute approximate surface area is 104 Å². The minimum atomic E-state index is -0.937. The van der Waals surface area contributed by atoms with Crippen molar-refractivity contribution in [2.45, 2.75) is 18.8 Å². The molecule has 0 spiro atoms. The van der Waals surface area contributed by atoms with Gasteiger partial charge in [-0.15, -0.1) is 0 Å².